The number of anilines is 1. The Morgan fingerprint density at radius 3 is 3.17 bits per heavy atom. The first-order valence-electron chi connectivity index (χ1n) is 3.86. The molecule has 3 nitrogen and oxygen atoms in total. The number of nitrogens with zero attached hydrogens (tertiary/aromatic N) is 2. The predicted octanol–water partition coefficient (Wildman–Crippen LogP) is 1.64. The lowest BCUT2D eigenvalue weighted by Crippen LogP contribution is -2.18. The summed E-state index contributed by atoms with van der Waals surface area (Å²) in [6, 6.07) is 0. The fourth-order valence-electron chi connectivity index (χ4n) is 1.39. The Morgan fingerprint density at radius 1 is 1.58 bits per heavy atom. The first-order chi connectivity index (χ1) is 5.79. The maximum absolute atomic E-state index is 12.3. The van der Waals surface area contributed by atoms with Crippen LogP contribution in [0.5, 0.6) is 0 Å². The van der Waals surface area contributed by atoms with E-state index >= 15 is 0 Å². The van der Waals surface area contributed by atoms with E-state index in [1.807, 2.05) is 0 Å². The van der Waals surface area contributed by atoms with Crippen molar-refractivity contribution in [1.29, 1.82) is 0 Å². The number of aromatic nitrogens is 2. The molecule has 0 amide bonds. The van der Waals surface area contributed by atoms with Crippen LogP contribution in [-0.2, 0) is 6.54 Å². The number of imidazole rings is 1. The van der Waals surface area contributed by atoms with E-state index in [-0.39, 0.29) is 5.82 Å². The first kappa shape index (κ1) is 7.52. The molecule has 12 heavy (non-hydrogen) atoms. The van der Waals surface area contributed by atoms with Gasteiger partial charge in [0.15, 0.2) is 5.82 Å². The Kier molecular flexibility index (Phi) is 1.71. The van der Waals surface area contributed by atoms with E-state index in [1.54, 1.807) is 0 Å². The Hall–Kier alpha value is -1.13. The predicted molar refractivity (Wildman–Crippen MR) is 40.3 cm³/mol. The van der Waals surface area contributed by atoms with Crippen molar-refractivity contribution >= 4 is 5.82 Å². The van der Waals surface area contributed by atoms with E-state index in [2.05, 4.69) is 10.3 Å². The molecule has 0 saturated carbocycles. The first-order valence-corrected chi connectivity index (χ1v) is 3.86. The van der Waals surface area contributed by atoms with Crippen LogP contribution in [0.2, 0.25) is 0 Å². The van der Waals surface area contributed by atoms with Gasteiger partial charge in [0, 0.05) is 13.1 Å². The topological polar surface area (TPSA) is 29.9 Å². The van der Waals surface area contributed by atoms with Crippen LogP contribution in [0.15, 0.2) is 6.20 Å². The summed E-state index contributed by atoms with van der Waals surface area (Å²) in [5.41, 5.74) is 0. The zero-order chi connectivity index (χ0) is 8.55. The average Bonchev–Trinajstić information content (AvgIpc) is 2.47. The third kappa shape index (κ3) is 1.05. The third-order valence-electron chi connectivity index (χ3n) is 1.95. The highest BCUT2D eigenvalue weighted by atomic mass is 19.3. The van der Waals surface area contributed by atoms with Gasteiger partial charge in [-0.05, 0) is 6.42 Å². The summed E-state index contributed by atoms with van der Waals surface area (Å²) in [6.45, 7) is 1.48. The molecule has 0 bridgehead atoms. The molecule has 0 unspecified atom stereocenters. The van der Waals surface area contributed by atoms with Gasteiger partial charge in [0.25, 0.3) is 6.43 Å². The lowest BCUT2D eigenvalue weighted by molar-refractivity contribution is 0.135. The number of rotatable bonds is 1. The molecule has 1 aliphatic heterocycles. The second kappa shape index (κ2) is 2.73. The summed E-state index contributed by atoms with van der Waals surface area (Å²) in [5, 5.41) is 3.00. The summed E-state index contributed by atoms with van der Waals surface area (Å²) >= 11 is 0. The molecule has 1 aromatic rings. The van der Waals surface area contributed by atoms with Crippen LogP contribution in [-0.4, -0.2) is 16.1 Å². The van der Waals surface area contributed by atoms with E-state index in [0.717, 1.165) is 13.0 Å². The molecule has 1 aromatic heterocycles. The highest BCUT2D eigenvalue weighted by Gasteiger charge is 2.19. The maximum Gasteiger partial charge on any atom is 0.295 e. The van der Waals surface area contributed by atoms with Gasteiger partial charge in [-0.15, -0.1) is 0 Å². The van der Waals surface area contributed by atoms with Crippen molar-refractivity contribution < 1.29 is 8.78 Å². The molecule has 5 heteroatoms. The average molecular weight is 173 g/mol. The highest BCUT2D eigenvalue weighted by Crippen LogP contribution is 2.23. The number of nitrogens with one attached hydrogen (secondary N) is 1. The van der Waals surface area contributed by atoms with E-state index in [4.69, 9.17) is 0 Å². The molecule has 1 N–H and O–H groups in total. The SMILES string of the molecule is FC(F)c1ncc2n1CCCN2. The largest absolute Gasteiger partial charge is 0.370 e. The van der Waals surface area contributed by atoms with Crippen molar-refractivity contribution in [3.8, 4) is 0 Å². The molecular weight excluding hydrogens is 164 g/mol. The lowest BCUT2D eigenvalue weighted by atomic mass is 10.3. The van der Waals surface area contributed by atoms with Gasteiger partial charge in [-0.1, -0.05) is 0 Å². The van der Waals surface area contributed by atoms with Gasteiger partial charge < -0.3 is 9.88 Å². The van der Waals surface area contributed by atoms with Gasteiger partial charge in [-0.2, -0.15) is 0 Å². The quantitative estimate of drug-likeness (QED) is 0.699. The van der Waals surface area contributed by atoms with Gasteiger partial charge in [-0.3, -0.25) is 0 Å². The van der Waals surface area contributed by atoms with Crippen LogP contribution in [0.1, 0.15) is 18.7 Å². The van der Waals surface area contributed by atoms with Crippen molar-refractivity contribution in [2.45, 2.75) is 19.4 Å². The Labute approximate surface area is 68.4 Å². The highest BCUT2D eigenvalue weighted by molar-refractivity contribution is 5.36. The fourth-order valence-corrected chi connectivity index (χ4v) is 1.39. The van der Waals surface area contributed by atoms with E-state index in [9.17, 15) is 8.78 Å². The summed E-state index contributed by atoms with van der Waals surface area (Å²) in [6.07, 6.45) is -0.136. The van der Waals surface area contributed by atoms with Gasteiger partial charge in [0.2, 0.25) is 0 Å². The molecule has 0 radical (unpaired) electrons. The van der Waals surface area contributed by atoms with Gasteiger partial charge >= 0.3 is 0 Å². The van der Waals surface area contributed by atoms with Crippen molar-refractivity contribution in [3.63, 3.8) is 0 Å². The van der Waals surface area contributed by atoms with Crippen molar-refractivity contribution in [2.24, 2.45) is 0 Å². The number of fused-ring (bicyclic) bond motifs is 1. The van der Waals surface area contributed by atoms with Gasteiger partial charge in [-0.25, -0.2) is 13.8 Å². The standard InChI is InChI=1S/C7H9F2N3/c8-6(9)7-11-4-5-10-2-1-3-12(5)7/h4,6,10H,1-3H2. The third-order valence-corrected chi connectivity index (χ3v) is 1.95. The van der Waals surface area contributed by atoms with Gasteiger partial charge in [0.1, 0.15) is 5.82 Å². The normalized spacial score (nSPS) is 15.9. The molecule has 0 saturated heterocycles. The minimum Gasteiger partial charge on any atom is -0.370 e. The molecule has 66 valence electrons. The monoisotopic (exact) mass is 173 g/mol. The minimum absolute atomic E-state index is 0.128. The Bertz CT molecular complexity index is 282. The smallest absolute Gasteiger partial charge is 0.295 e. The molecule has 0 atom stereocenters. The van der Waals surface area contributed by atoms with Crippen LogP contribution in [0.4, 0.5) is 14.6 Å². The molecule has 0 aliphatic carbocycles. The maximum atomic E-state index is 12.3. The van der Waals surface area contributed by atoms with Crippen LogP contribution in [0.3, 0.4) is 0 Å². The molecule has 0 fully saturated rings. The van der Waals surface area contributed by atoms with Crippen molar-refractivity contribution in [3.05, 3.63) is 12.0 Å². The molecule has 1 aliphatic rings. The van der Waals surface area contributed by atoms with Crippen molar-refractivity contribution in [2.75, 3.05) is 11.9 Å². The number of halogens is 2. The fraction of sp³-hybridized carbons (Fsp3) is 0.571. The van der Waals surface area contributed by atoms with Crippen LogP contribution < -0.4 is 5.32 Å². The molecule has 2 rings (SSSR count). The zero-order valence-corrected chi connectivity index (χ0v) is 6.43. The number of hydrogen-bond acceptors (Lipinski definition) is 2. The van der Waals surface area contributed by atoms with E-state index in [0.29, 0.717) is 12.4 Å². The Balaban J connectivity index is 2.38. The van der Waals surface area contributed by atoms with Crippen LogP contribution in [0.25, 0.3) is 0 Å². The second-order valence-corrected chi connectivity index (χ2v) is 2.73. The van der Waals surface area contributed by atoms with E-state index in [1.165, 1.54) is 10.8 Å². The lowest BCUT2D eigenvalue weighted by Gasteiger charge is -2.17. The summed E-state index contributed by atoms with van der Waals surface area (Å²) in [5.74, 6) is 0.578. The van der Waals surface area contributed by atoms with Crippen molar-refractivity contribution in [1.82, 2.24) is 9.55 Å². The molecule has 2 heterocycles. The minimum atomic E-state index is -2.47. The molecule has 0 aromatic carbocycles. The summed E-state index contributed by atoms with van der Waals surface area (Å²) < 4.78 is 26.1. The van der Waals surface area contributed by atoms with Gasteiger partial charge in [0.05, 0.1) is 6.20 Å². The molecular formula is C7H9F2N3. The zero-order valence-electron chi connectivity index (χ0n) is 6.43. The summed E-state index contributed by atoms with van der Waals surface area (Å²) in [7, 11) is 0. The van der Waals surface area contributed by atoms with Crippen LogP contribution >= 0.6 is 0 Å². The number of alkyl halides is 2. The van der Waals surface area contributed by atoms with Crippen LogP contribution in [0, 0.1) is 0 Å². The Morgan fingerprint density at radius 2 is 2.42 bits per heavy atom. The molecule has 0 spiro atoms. The summed E-state index contributed by atoms with van der Waals surface area (Å²) in [4.78, 5) is 3.65. The number of hydrogen-bond donors (Lipinski definition) is 1. The second-order valence-electron chi connectivity index (χ2n) is 2.73. The van der Waals surface area contributed by atoms with E-state index < -0.39 is 6.43 Å².